The lowest BCUT2D eigenvalue weighted by Gasteiger charge is -2.24. The summed E-state index contributed by atoms with van der Waals surface area (Å²) in [5.74, 6) is 0.218. The van der Waals surface area contributed by atoms with Crippen LogP contribution in [0.4, 0.5) is 0 Å². The van der Waals surface area contributed by atoms with E-state index < -0.39 is 0 Å². The van der Waals surface area contributed by atoms with Gasteiger partial charge in [0.15, 0.2) is 5.78 Å². The Kier molecular flexibility index (Phi) is 3.70. The second-order valence-electron chi connectivity index (χ2n) is 8.04. The van der Waals surface area contributed by atoms with E-state index in [4.69, 9.17) is 0 Å². The SMILES string of the molecule is O=C1Cc2c(-c3cccc4c3Sc3ccccc3S4)ccc3ccc4cccc1c4c23. The molecule has 0 aromatic heterocycles. The van der Waals surface area contributed by atoms with Gasteiger partial charge in [-0.3, -0.25) is 4.79 Å². The van der Waals surface area contributed by atoms with Crippen molar-refractivity contribution in [2.45, 2.75) is 26.0 Å². The van der Waals surface area contributed by atoms with Crippen molar-refractivity contribution in [3.05, 3.63) is 96.1 Å². The van der Waals surface area contributed by atoms with Crippen molar-refractivity contribution in [1.29, 1.82) is 0 Å². The molecule has 1 aliphatic carbocycles. The third kappa shape index (κ3) is 2.51. The molecule has 146 valence electrons. The number of benzene rings is 5. The Bertz CT molecular complexity index is 1580. The second-order valence-corrected chi connectivity index (χ2v) is 10.2. The summed E-state index contributed by atoms with van der Waals surface area (Å²) in [5.41, 5.74) is 4.45. The Labute approximate surface area is 188 Å². The number of Topliss-reactive ketones (excluding diaryl/α,β-unsaturated/α-hetero) is 1. The van der Waals surface area contributed by atoms with Gasteiger partial charge in [-0.15, -0.1) is 0 Å². The predicted octanol–water partition coefficient (Wildman–Crippen LogP) is 8.01. The van der Waals surface area contributed by atoms with Crippen LogP contribution in [0.15, 0.2) is 105 Å². The van der Waals surface area contributed by atoms with Gasteiger partial charge in [0, 0.05) is 37.0 Å². The zero-order chi connectivity index (χ0) is 20.5. The fourth-order valence-electron chi connectivity index (χ4n) is 4.95. The van der Waals surface area contributed by atoms with E-state index in [1.807, 2.05) is 35.7 Å². The molecular weight excluding hydrogens is 416 g/mol. The van der Waals surface area contributed by atoms with E-state index in [0.717, 1.165) is 16.3 Å². The first kappa shape index (κ1) is 17.6. The molecule has 31 heavy (non-hydrogen) atoms. The van der Waals surface area contributed by atoms with Crippen LogP contribution in [0.5, 0.6) is 0 Å². The standard InChI is InChI=1S/C28H16OS2/c29-22-15-21-18(14-13-17-12-11-16-5-3-7-20(22)26(16)27(17)21)19-6-4-10-25-28(19)31-24-9-2-1-8-23(24)30-25/h1-14H,15H2. The van der Waals surface area contributed by atoms with Gasteiger partial charge in [0.2, 0.25) is 0 Å². The molecule has 0 atom stereocenters. The topological polar surface area (TPSA) is 17.1 Å². The number of hydrogen-bond donors (Lipinski definition) is 0. The Morgan fingerprint density at radius 2 is 1.23 bits per heavy atom. The molecule has 0 saturated carbocycles. The second kappa shape index (κ2) is 6.49. The van der Waals surface area contributed by atoms with Gasteiger partial charge in [0.05, 0.1) is 0 Å². The first-order chi connectivity index (χ1) is 15.3. The Hall–Kier alpha value is -3.01. The van der Waals surface area contributed by atoms with E-state index in [1.165, 1.54) is 47.0 Å². The van der Waals surface area contributed by atoms with Crippen molar-refractivity contribution >= 4 is 50.9 Å². The van der Waals surface area contributed by atoms with Crippen LogP contribution in [0, 0.1) is 0 Å². The number of ketones is 1. The van der Waals surface area contributed by atoms with E-state index in [0.29, 0.717) is 6.42 Å². The van der Waals surface area contributed by atoms with Gasteiger partial charge < -0.3 is 0 Å². The molecule has 2 aliphatic rings. The maximum atomic E-state index is 13.1. The third-order valence-electron chi connectivity index (χ3n) is 6.32. The molecule has 5 aromatic carbocycles. The largest absolute Gasteiger partial charge is 0.294 e. The van der Waals surface area contributed by atoms with Crippen molar-refractivity contribution in [2.75, 3.05) is 0 Å². The van der Waals surface area contributed by atoms with Gasteiger partial charge >= 0.3 is 0 Å². The quantitative estimate of drug-likeness (QED) is 0.245. The minimum atomic E-state index is 0.218. The lowest BCUT2D eigenvalue weighted by molar-refractivity contribution is 0.0994. The van der Waals surface area contributed by atoms with E-state index in [-0.39, 0.29) is 5.78 Å². The molecule has 0 bridgehead atoms. The Balaban J connectivity index is 1.54. The van der Waals surface area contributed by atoms with Crippen LogP contribution in [0.2, 0.25) is 0 Å². The number of carbonyl (C=O) groups excluding carboxylic acids is 1. The summed E-state index contributed by atoms with van der Waals surface area (Å²) < 4.78 is 0. The van der Waals surface area contributed by atoms with Gasteiger partial charge in [-0.25, -0.2) is 0 Å². The van der Waals surface area contributed by atoms with Gasteiger partial charge in [-0.2, -0.15) is 0 Å². The summed E-state index contributed by atoms with van der Waals surface area (Å²) in [6, 6.07) is 30.0. The zero-order valence-electron chi connectivity index (χ0n) is 16.5. The average molecular weight is 433 g/mol. The first-order valence-corrected chi connectivity index (χ1v) is 12.0. The van der Waals surface area contributed by atoms with E-state index in [9.17, 15) is 4.79 Å². The molecule has 7 rings (SSSR count). The summed E-state index contributed by atoms with van der Waals surface area (Å²) in [5, 5.41) is 4.72. The van der Waals surface area contributed by atoms with E-state index in [1.54, 1.807) is 0 Å². The number of carbonyl (C=O) groups is 1. The van der Waals surface area contributed by atoms with Crippen LogP contribution >= 0.6 is 23.5 Å². The summed E-state index contributed by atoms with van der Waals surface area (Å²) in [6.45, 7) is 0. The highest BCUT2D eigenvalue weighted by Gasteiger charge is 2.26. The normalized spacial score (nSPS) is 14.1. The lowest BCUT2D eigenvalue weighted by Crippen LogP contribution is -2.11. The molecule has 0 N–H and O–H groups in total. The van der Waals surface area contributed by atoms with Crippen LogP contribution in [-0.2, 0) is 6.42 Å². The molecule has 0 unspecified atom stereocenters. The van der Waals surface area contributed by atoms with Crippen LogP contribution in [-0.4, -0.2) is 5.78 Å². The maximum Gasteiger partial charge on any atom is 0.167 e. The maximum absolute atomic E-state index is 13.1. The van der Waals surface area contributed by atoms with Crippen molar-refractivity contribution in [3.63, 3.8) is 0 Å². The van der Waals surface area contributed by atoms with Crippen molar-refractivity contribution < 1.29 is 4.79 Å². The highest BCUT2D eigenvalue weighted by atomic mass is 32.2. The highest BCUT2D eigenvalue weighted by molar-refractivity contribution is 8.05. The first-order valence-electron chi connectivity index (χ1n) is 10.4. The molecule has 1 aliphatic heterocycles. The fraction of sp³-hybridized carbons (Fsp3) is 0.0357. The van der Waals surface area contributed by atoms with E-state index in [2.05, 4.69) is 72.8 Å². The van der Waals surface area contributed by atoms with E-state index >= 15 is 0 Å². The zero-order valence-corrected chi connectivity index (χ0v) is 18.1. The number of hydrogen-bond acceptors (Lipinski definition) is 3. The molecule has 0 spiro atoms. The fourth-order valence-corrected chi connectivity index (χ4v) is 7.35. The molecule has 5 aromatic rings. The molecule has 0 amide bonds. The van der Waals surface area contributed by atoms with Crippen molar-refractivity contribution in [2.24, 2.45) is 0 Å². The Morgan fingerprint density at radius 1 is 0.548 bits per heavy atom. The molecule has 1 heterocycles. The lowest BCUT2D eigenvalue weighted by atomic mass is 9.82. The van der Waals surface area contributed by atoms with Crippen LogP contribution in [0.1, 0.15) is 15.9 Å². The summed E-state index contributed by atoms with van der Waals surface area (Å²) in [7, 11) is 0. The molecule has 1 nitrogen and oxygen atoms in total. The minimum Gasteiger partial charge on any atom is -0.294 e. The van der Waals surface area contributed by atoms with Crippen LogP contribution < -0.4 is 0 Å². The summed E-state index contributed by atoms with van der Waals surface area (Å²) >= 11 is 3.68. The third-order valence-corrected chi connectivity index (χ3v) is 8.94. The number of rotatable bonds is 1. The number of fused-ring (bicyclic) bond motifs is 2. The monoisotopic (exact) mass is 432 g/mol. The molecule has 0 radical (unpaired) electrons. The Morgan fingerprint density at radius 3 is 2.10 bits per heavy atom. The van der Waals surface area contributed by atoms with Crippen LogP contribution in [0.3, 0.4) is 0 Å². The minimum absolute atomic E-state index is 0.218. The highest BCUT2D eigenvalue weighted by Crippen LogP contribution is 2.52. The molecule has 0 fully saturated rings. The van der Waals surface area contributed by atoms with Crippen molar-refractivity contribution in [1.82, 2.24) is 0 Å². The van der Waals surface area contributed by atoms with Gasteiger partial charge in [-0.1, -0.05) is 90.3 Å². The molecular formula is C28H16OS2. The van der Waals surface area contributed by atoms with Crippen LogP contribution in [0.25, 0.3) is 32.7 Å². The van der Waals surface area contributed by atoms with Crippen molar-refractivity contribution in [3.8, 4) is 11.1 Å². The summed E-state index contributed by atoms with van der Waals surface area (Å²) in [6.07, 6.45) is 0.459. The van der Waals surface area contributed by atoms with Gasteiger partial charge in [-0.05, 0) is 51.0 Å². The average Bonchev–Trinajstić information content (AvgIpc) is 2.81. The predicted molar refractivity (Wildman–Crippen MR) is 130 cm³/mol. The molecule has 3 heteroatoms. The van der Waals surface area contributed by atoms with Gasteiger partial charge in [0.1, 0.15) is 0 Å². The smallest absolute Gasteiger partial charge is 0.167 e. The van der Waals surface area contributed by atoms with Gasteiger partial charge in [0.25, 0.3) is 0 Å². The summed E-state index contributed by atoms with van der Waals surface area (Å²) in [4.78, 5) is 18.3. The molecule has 0 saturated heterocycles.